The van der Waals surface area contributed by atoms with Crippen molar-refractivity contribution in [3.05, 3.63) is 51.3 Å². The quantitative estimate of drug-likeness (QED) is 0.530. The van der Waals surface area contributed by atoms with Crippen LogP contribution in [0.25, 0.3) is 21.2 Å². The standard InChI is InChI=1S/C22H23N3O5S2/c1-23-12-17(14-4-5-15(13-26)18(10-14)30-2)20-16(21(23)27)11-19(31-20)22(28)24-6-8-25(9-7-24)32(3)29/h4-5,10-13H,6-9H2,1-3H3. The molecule has 3 heterocycles. The molecular formula is C22H23N3O5S2. The van der Waals surface area contributed by atoms with Gasteiger partial charge in [-0.15, -0.1) is 11.3 Å². The van der Waals surface area contributed by atoms with E-state index in [4.69, 9.17) is 4.74 Å². The van der Waals surface area contributed by atoms with E-state index >= 15 is 0 Å². The Morgan fingerprint density at radius 2 is 1.91 bits per heavy atom. The van der Waals surface area contributed by atoms with Crippen LogP contribution in [0.2, 0.25) is 0 Å². The van der Waals surface area contributed by atoms with Gasteiger partial charge in [0.05, 0.1) is 33.9 Å². The molecule has 0 radical (unpaired) electrons. The average Bonchev–Trinajstić information content (AvgIpc) is 3.26. The number of thiophene rings is 1. The minimum Gasteiger partial charge on any atom is -0.496 e. The molecular weight excluding hydrogens is 450 g/mol. The minimum absolute atomic E-state index is 0.130. The Morgan fingerprint density at radius 3 is 2.53 bits per heavy atom. The van der Waals surface area contributed by atoms with Crippen LogP contribution < -0.4 is 10.3 Å². The molecule has 1 amide bonds. The Labute approximate surface area is 191 Å². The number of rotatable bonds is 5. The fraction of sp³-hybridized carbons (Fsp3) is 0.318. The number of methoxy groups -OCH3 is 1. The summed E-state index contributed by atoms with van der Waals surface area (Å²) >= 11 is 1.29. The molecule has 10 heteroatoms. The molecule has 4 rings (SSSR count). The number of carbonyl (C=O) groups is 2. The molecule has 1 aromatic carbocycles. The van der Waals surface area contributed by atoms with Crippen LogP contribution in [0.15, 0.2) is 35.3 Å². The number of aldehydes is 1. The molecule has 0 bridgehead atoms. The molecule has 8 nitrogen and oxygen atoms in total. The lowest BCUT2D eigenvalue weighted by molar-refractivity contribution is 0.0706. The van der Waals surface area contributed by atoms with Crippen molar-refractivity contribution < 1.29 is 18.5 Å². The van der Waals surface area contributed by atoms with E-state index in [0.717, 1.165) is 17.4 Å². The van der Waals surface area contributed by atoms with Gasteiger partial charge in [-0.3, -0.25) is 14.4 Å². The van der Waals surface area contributed by atoms with Gasteiger partial charge in [-0.05, 0) is 23.8 Å². The topological polar surface area (TPSA) is 88.9 Å². The number of amides is 1. The zero-order chi connectivity index (χ0) is 23.0. The molecule has 1 aliphatic rings. The van der Waals surface area contributed by atoms with Crippen LogP contribution in [0.5, 0.6) is 5.75 Å². The van der Waals surface area contributed by atoms with Crippen molar-refractivity contribution in [1.29, 1.82) is 0 Å². The van der Waals surface area contributed by atoms with Gasteiger partial charge in [0.2, 0.25) is 0 Å². The van der Waals surface area contributed by atoms with Crippen LogP contribution in [-0.2, 0) is 18.0 Å². The maximum absolute atomic E-state index is 13.1. The molecule has 1 saturated heterocycles. The summed E-state index contributed by atoms with van der Waals surface area (Å²) < 4.78 is 21.0. The van der Waals surface area contributed by atoms with Gasteiger partial charge < -0.3 is 14.2 Å². The Hall–Kier alpha value is -2.82. The maximum atomic E-state index is 13.1. The molecule has 0 aliphatic carbocycles. The van der Waals surface area contributed by atoms with Crippen molar-refractivity contribution in [3.8, 4) is 16.9 Å². The summed E-state index contributed by atoms with van der Waals surface area (Å²) in [4.78, 5) is 39.4. The molecule has 168 valence electrons. The molecule has 1 aliphatic heterocycles. The van der Waals surface area contributed by atoms with Crippen LogP contribution >= 0.6 is 11.3 Å². The third kappa shape index (κ3) is 4.01. The summed E-state index contributed by atoms with van der Waals surface area (Å²) in [7, 11) is 2.12. The number of benzene rings is 1. The van der Waals surface area contributed by atoms with E-state index in [9.17, 15) is 18.6 Å². The molecule has 0 saturated carbocycles. The normalized spacial score (nSPS) is 15.7. The van der Waals surface area contributed by atoms with Crippen molar-refractivity contribution in [2.75, 3.05) is 39.5 Å². The van der Waals surface area contributed by atoms with E-state index in [2.05, 4.69) is 0 Å². The van der Waals surface area contributed by atoms with Crippen LogP contribution in [0.3, 0.4) is 0 Å². The first kappa shape index (κ1) is 22.4. The molecule has 0 N–H and O–H groups in total. The summed E-state index contributed by atoms with van der Waals surface area (Å²) in [5.74, 6) is 0.313. The molecule has 0 spiro atoms. The Morgan fingerprint density at radius 1 is 1.19 bits per heavy atom. The molecule has 1 atom stereocenters. The van der Waals surface area contributed by atoms with E-state index < -0.39 is 11.0 Å². The van der Waals surface area contributed by atoms with Gasteiger partial charge in [0.25, 0.3) is 11.5 Å². The predicted octanol–water partition coefficient (Wildman–Crippen LogP) is 2.14. The zero-order valence-corrected chi connectivity index (χ0v) is 19.6. The number of aryl methyl sites for hydroxylation is 1. The first-order valence-corrected chi connectivity index (χ1v) is 12.3. The van der Waals surface area contributed by atoms with E-state index in [1.54, 1.807) is 48.7 Å². The van der Waals surface area contributed by atoms with Crippen LogP contribution in [0.4, 0.5) is 0 Å². The zero-order valence-electron chi connectivity index (χ0n) is 18.0. The van der Waals surface area contributed by atoms with E-state index in [1.165, 1.54) is 23.0 Å². The predicted molar refractivity (Wildman–Crippen MR) is 126 cm³/mol. The van der Waals surface area contributed by atoms with E-state index in [0.29, 0.717) is 52.5 Å². The largest absolute Gasteiger partial charge is 0.496 e. The van der Waals surface area contributed by atoms with E-state index in [-0.39, 0.29) is 11.5 Å². The van der Waals surface area contributed by atoms with Gasteiger partial charge in [-0.25, -0.2) is 8.51 Å². The highest BCUT2D eigenvalue weighted by Gasteiger charge is 2.26. The third-order valence-electron chi connectivity index (χ3n) is 5.62. The number of hydrogen-bond acceptors (Lipinski definition) is 6. The molecule has 32 heavy (non-hydrogen) atoms. The average molecular weight is 474 g/mol. The molecule has 1 unspecified atom stereocenters. The summed E-state index contributed by atoms with van der Waals surface area (Å²) in [6.45, 7) is 2.08. The van der Waals surface area contributed by atoms with Crippen molar-refractivity contribution >= 4 is 44.6 Å². The Kier molecular flexibility index (Phi) is 6.27. The smallest absolute Gasteiger partial charge is 0.264 e. The summed E-state index contributed by atoms with van der Waals surface area (Å²) in [6.07, 6.45) is 4.10. The number of pyridine rings is 1. The number of aromatic nitrogens is 1. The van der Waals surface area contributed by atoms with Gasteiger partial charge in [0, 0.05) is 55.9 Å². The Balaban J connectivity index is 1.75. The van der Waals surface area contributed by atoms with Gasteiger partial charge >= 0.3 is 0 Å². The van der Waals surface area contributed by atoms with Crippen LogP contribution in [-0.4, -0.2) is 69.7 Å². The Bertz CT molecular complexity index is 1290. The monoisotopic (exact) mass is 473 g/mol. The first-order valence-electron chi connectivity index (χ1n) is 9.98. The summed E-state index contributed by atoms with van der Waals surface area (Å²) in [5, 5.41) is 0.477. The van der Waals surface area contributed by atoms with Crippen molar-refractivity contribution in [2.45, 2.75) is 0 Å². The summed E-state index contributed by atoms with van der Waals surface area (Å²) in [5.41, 5.74) is 1.83. The second kappa shape index (κ2) is 8.97. The SMILES string of the molecule is COc1cc(-c2cn(C)c(=O)c3cc(C(=O)N4CCN(S(C)=O)CC4)sc23)ccc1C=O. The lowest BCUT2D eigenvalue weighted by Gasteiger charge is -2.32. The fourth-order valence-corrected chi connectivity index (χ4v) is 5.67. The van der Waals surface area contributed by atoms with Crippen LogP contribution in [0.1, 0.15) is 20.0 Å². The lowest BCUT2D eigenvalue weighted by Crippen LogP contribution is -2.48. The van der Waals surface area contributed by atoms with Gasteiger partial charge in [0.1, 0.15) is 5.75 Å². The van der Waals surface area contributed by atoms with Crippen LogP contribution in [0, 0.1) is 0 Å². The lowest BCUT2D eigenvalue weighted by atomic mass is 10.0. The first-order chi connectivity index (χ1) is 15.3. The highest BCUT2D eigenvalue weighted by Crippen LogP contribution is 2.35. The van der Waals surface area contributed by atoms with Gasteiger partial charge in [-0.1, -0.05) is 6.07 Å². The third-order valence-corrected chi connectivity index (χ3v) is 7.87. The number of hydrogen-bond donors (Lipinski definition) is 0. The number of ether oxygens (including phenoxy) is 1. The number of fused-ring (bicyclic) bond motifs is 1. The highest BCUT2D eigenvalue weighted by atomic mass is 32.2. The molecule has 1 fully saturated rings. The second-order valence-electron chi connectivity index (χ2n) is 7.53. The fourth-order valence-electron chi connectivity index (χ4n) is 3.84. The van der Waals surface area contributed by atoms with Crippen molar-refractivity contribution in [2.24, 2.45) is 7.05 Å². The summed E-state index contributed by atoms with van der Waals surface area (Å²) in [6, 6.07) is 6.90. The number of nitrogens with zero attached hydrogens (tertiary/aromatic N) is 3. The van der Waals surface area contributed by atoms with Crippen molar-refractivity contribution in [1.82, 2.24) is 13.8 Å². The van der Waals surface area contributed by atoms with E-state index in [1.807, 2.05) is 4.31 Å². The highest BCUT2D eigenvalue weighted by molar-refractivity contribution is 7.81. The minimum atomic E-state index is -1.05. The van der Waals surface area contributed by atoms with Gasteiger partial charge in [0.15, 0.2) is 6.29 Å². The molecule has 3 aromatic rings. The number of piperazine rings is 1. The van der Waals surface area contributed by atoms with Gasteiger partial charge in [-0.2, -0.15) is 0 Å². The second-order valence-corrected chi connectivity index (χ2v) is 9.95. The maximum Gasteiger partial charge on any atom is 0.264 e. The van der Waals surface area contributed by atoms with Crippen molar-refractivity contribution in [3.63, 3.8) is 0 Å². The molecule has 2 aromatic heterocycles. The number of carbonyl (C=O) groups excluding carboxylic acids is 2.